The van der Waals surface area contributed by atoms with E-state index in [2.05, 4.69) is 43.6 Å². The van der Waals surface area contributed by atoms with E-state index in [9.17, 15) is 13.2 Å². The first-order valence-electron chi connectivity index (χ1n) is 52.5. The monoisotopic (exact) mass is 2030 g/mol. The molecule has 16 nitrogen and oxygen atoms in total. The molecule has 12 aromatic rings. The summed E-state index contributed by atoms with van der Waals surface area (Å²) in [6.07, 6.45) is 7.39. The highest BCUT2D eigenvalue weighted by Gasteiger charge is 2.50. The zero-order valence-electron chi connectivity index (χ0n) is 85.9. The third kappa shape index (κ3) is 22.7. The number of alkyl halides is 6. The van der Waals surface area contributed by atoms with Crippen LogP contribution in [0.2, 0.25) is 0 Å². The Morgan fingerprint density at radius 3 is 0.973 bits per heavy atom. The van der Waals surface area contributed by atoms with E-state index in [-0.39, 0.29) is 134 Å². The molecule has 0 amide bonds. The fourth-order valence-electron chi connectivity index (χ4n) is 23.5. The topological polar surface area (TPSA) is 126 Å². The molecule has 4 aromatic heterocycles. The molecule has 12 heterocycles. The number of nitrogens with zero attached hydrogens (tertiary/aromatic N) is 8. The predicted octanol–water partition coefficient (Wildman–Crippen LogP) is 25.0. The van der Waals surface area contributed by atoms with Crippen LogP contribution < -0.4 is 18.9 Å². The smallest absolute Gasteiger partial charge is 0.142 e. The van der Waals surface area contributed by atoms with Crippen LogP contribution in [0.1, 0.15) is 219 Å². The third-order valence-electron chi connectivity index (χ3n) is 32.1. The maximum absolute atomic E-state index is 15.8. The number of likely N-dealkylation sites (tertiary alicyclic amines) is 4. The Kier molecular flexibility index (Phi) is 32.0. The van der Waals surface area contributed by atoms with Gasteiger partial charge in [-0.05, 0) is 179 Å². The molecule has 30 heteroatoms. The maximum Gasteiger partial charge on any atom is 0.142 e. The first-order chi connectivity index (χ1) is 69.9. The minimum atomic E-state index is -1.53. The van der Waals surface area contributed by atoms with Gasteiger partial charge >= 0.3 is 0 Å². The average molecular weight is 2030 g/mol. The summed E-state index contributed by atoms with van der Waals surface area (Å²) < 4.78 is 235. The Balaban J connectivity index is 0.000000128. The Bertz CT molecular complexity index is 6270. The Morgan fingerprint density at radius 2 is 0.658 bits per heavy atom. The number of aromatic nitrogens is 4. The van der Waals surface area contributed by atoms with Crippen LogP contribution in [0.4, 0.5) is 61.5 Å². The van der Waals surface area contributed by atoms with Crippen LogP contribution in [0.25, 0.3) is 43.6 Å². The number of hydrogen-bond acceptors (Lipinski definition) is 12. The minimum Gasteiger partial charge on any atom is -0.493 e. The maximum atomic E-state index is 15.8. The lowest BCUT2D eigenvalue weighted by atomic mass is 9.79. The highest BCUT2D eigenvalue weighted by Crippen LogP contribution is 2.52. The van der Waals surface area contributed by atoms with Gasteiger partial charge in [-0.25, -0.2) is 52.7 Å². The van der Waals surface area contributed by atoms with E-state index in [1.165, 1.54) is 82.6 Å². The first kappa shape index (κ1) is 106. The van der Waals surface area contributed by atoms with Crippen molar-refractivity contribution >= 4 is 43.6 Å². The quantitative estimate of drug-likeness (QED) is 0.0293. The van der Waals surface area contributed by atoms with E-state index < -0.39 is 93.4 Å². The normalized spacial score (nSPS) is 22.8. The van der Waals surface area contributed by atoms with E-state index in [1.54, 1.807) is 13.8 Å². The van der Waals surface area contributed by atoms with Crippen molar-refractivity contribution in [1.82, 2.24) is 59.1 Å². The Morgan fingerprint density at radius 1 is 0.363 bits per heavy atom. The predicted molar refractivity (Wildman–Crippen MR) is 547 cm³/mol. The van der Waals surface area contributed by atoms with Gasteiger partial charge in [0, 0.05) is 271 Å². The highest BCUT2D eigenvalue weighted by atomic mass is 19.2. The summed E-state index contributed by atoms with van der Waals surface area (Å²) in [6, 6.07) is 37.8. The third-order valence-corrected chi connectivity index (χ3v) is 32.1. The summed E-state index contributed by atoms with van der Waals surface area (Å²) in [5, 5.41) is 4.14. The molecule has 0 bridgehead atoms. The van der Waals surface area contributed by atoms with E-state index in [0.717, 1.165) is 135 Å². The van der Waals surface area contributed by atoms with Gasteiger partial charge in [0.25, 0.3) is 0 Å². The van der Waals surface area contributed by atoms with Crippen LogP contribution in [0.3, 0.4) is 0 Å². The zero-order valence-corrected chi connectivity index (χ0v) is 85.9. The molecule has 146 heavy (non-hydrogen) atoms. The summed E-state index contributed by atoms with van der Waals surface area (Å²) in [5.41, 5.74) is 4.48. The summed E-state index contributed by atoms with van der Waals surface area (Å²) in [5.74, 6) is -3.79. The van der Waals surface area contributed by atoms with Crippen molar-refractivity contribution < 1.29 is 80.4 Å². The molecule has 10 atom stereocenters. The molecule has 1 aliphatic carbocycles. The van der Waals surface area contributed by atoms with E-state index in [0.29, 0.717) is 115 Å². The molecule has 1 saturated carbocycles. The number of halogens is 14. The van der Waals surface area contributed by atoms with Crippen molar-refractivity contribution in [3.8, 4) is 23.0 Å². The van der Waals surface area contributed by atoms with Crippen molar-refractivity contribution in [2.45, 2.75) is 225 Å². The molecule has 0 radical (unpaired) electrons. The van der Waals surface area contributed by atoms with Crippen LogP contribution in [0.15, 0.2) is 146 Å². The highest BCUT2D eigenvalue weighted by molar-refractivity contribution is 5.88. The summed E-state index contributed by atoms with van der Waals surface area (Å²) in [6.45, 7) is 31.7. The van der Waals surface area contributed by atoms with Crippen molar-refractivity contribution in [2.24, 2.45) is 23.7 Å². The fraction of sp³-hybridized carbons (Fsp3) is 0.517. The Labute approximate surface area is 847 Å². The van der Waals surface area contributed by atoms with Gasteiger partial charge in [-0.15, -0.1) is 0 Å². The molecule has 8 aliphatic heterocycles. The number of para-hydroxylation sites is 4. The van der Waals surface area contributed by atoms with Crippen molar-refractivity contribution in [1.29, 1.82) is 0 Å². The number of hydrogen-bond donors (Lipinski definition) is 4. The van der Waals surface area contributed by atoms with Crippen molar-refractivity contribution in [2.75, 3.05) is 138 Å². The number of benzene rings is 8. The van der Waals surface area contributed by atoms with E-state index in [4.69, 9.17) is 18.9 Å². The molecule has 0 spiro atoms. The van der Waals surface area contributed by atoms with E-state index >= 15 is 48.3 Å². The molecule has 9 aliphatic rings. The summed E-state index contributed by atoms with van der Waals surface area (Å²) in [7, 11) is 0. The van der Waals surface area contributed by atoms with Gasteiger partial charge in [0.2, 0.25) is 0 Å². The van der Waals surface area contributed by atoms with Crippen molar-refractivity contribution in [3.63, 3.8) is 0 Å². The van der Waals surface area contributed by atoms with Gasteiger partial charge in [0.15, 0.2) is 0 Å². The summed E-state index contributed by atoms with van der Waals surface area (Å²) >= 11 is 0. The Hall–Kier alpha value is -10.2. The number of H-pyrrole nitrogens is 4. The second kappa shape index (κ2) is 44.2. The SMILES string of the molecule is CCC1CN(CCOc2cc(F)c([C@@H]3c4[nH]c5ccccc5c4C[C@@H](C)N3CC3(F)CCC3)c(F)c2)C1.CCCN1CC(COc2cc(F)c([C@@H]3c4[nH]c5ccccc5c4C[C@@H](C)N3CC(C)(C)F)c(F)c2)C1.CC[C@@](C)(F)CN1[C@H](c2c(F)cc(OCN3CC(CF)C3)cc2F)c2[nH]c3ccccc3c2C[C@H]1C.CC[C@](C)(F)CN1C(c2c(F)cc(OCCN3CC(CF)C3)cc2F)c2[nH]c3ccccc3c2C[C@H]1C. The van der Waals surface area contributed by atoms with Gasteiger partial charge in [-0.1, -0.05) is 107 Å². The van der Waals surface area contributed by atoms with Crippen LogP contribution in [0.5, 0.6) is 23.0 Å². The number of ether oxygens (including phenoxy) is 4. The number of aromatic amines is 4. The molecule has 1 unspecified atom stereocenters. The summed E-state index contributed by atoms with van der Waals surface area (Å²) in [4.78, 5) is 29.8. The molecule has 8 aromatic carbocycles. The van der Waals surface area contributed by atoms with Gasteiger partial charge in [-0.2, -0.15) is 0 Å². The van der Waals surface area contributed by atoms with Gasteiger partial charge in [-0.3, -0.25) is 43.1 Å². The molecular formula is C116H140F14N12O4. The first-order valence-corrected chi connectivity index (χ1v) is 52.5. The molecule has 4 N–H and O–H groups in total. The minimum absolute atomic E-state index is 0.00135. The van der Waals surface area contributed by atoms with Crippen LogP contribution in [-0.4, -0.2) is 244 Å². The average Bonchev–Trinajstić information content (AvgIpc) is 1.55. The molecular weight excluding hydrogens is 1890 g/mol. The van der Waals surface area contributed by atoms with Gasteiger partial charge in [0.05, 0.1) is 44.1 Å². The van der Waals surface area contributed by atoms with E-state index in [1.807, 2.05) is 154 Å². The lowest BCUT2D eigenvalue weighted by Gasteiger charge is -2.46. The molecule has 786 valence electrons. The number of rotatable bonds is 33. The molecule has 4 saturated heterocycles. The zero-order chi connectivity index (χ0) is 103. The second-order valence-electron chi connectivity index (χ2n) is 44.0. The molecule has 5 fully saturated rings. The van der Waals surface area contributed by atoms with Gasteiger partial charge in [0.1, 0.15) is 112 Å². The lowest BCUT2D eigenvalue weighted by molar-refractivity contribution is -0.00817. The van der Waals surface area contributed by atoms with Crippen molar-refractivity contribution in [3.05, 3.63) is 259 Å². The van der Waals surface area contributed by atoms with Gasteiger partial charge < -0.3 is 43.8 Å². The fourth-order valence-corrected chi connectivity index (χ4v) is 23.5. The number of fused-ring (bicyclic) bond motifs is 12. The lowest BCUT2D eigenvalue weighted by Crippen LogP contribution is -2.52. The van der Waals surface area contributed by atoms with Crippen LogP contribution >= 0.6 is 0 Å². The second-order valence-corrected chi connectivity index (χ2v) is 44.0. The standard InChI is InChI=1S/C30H36F3N3O.C29H35F4N3O.C29H36F3N3O.C28H33F4N3O/c1-3-20-16-35(17-20)11-12-37-21-14-24(31)27(25(32)15-21)29-28-23(22-7-4-5-8-26(22)34-28)13-19(2)36(29)18-30(33)9-6-10-30;1-4-29(3,33)17-36-18(2)11-22-21-7-5-6-8-25(21)34-27(22)28(36)26-23(31)12-20(13-24(26)32)37-10-9-35-15-19(14-30)16-35;1-5-10-34-14-19(15-34)16-36-20-12-23(30)26(24(31)13-20)28-27-22(21-8-6-7-9-25(21)33-27)11-18(2)35(28)17-29(3,4)32;1-4-28(3,32)15-35-17(2)9-21-20-7-5-6-8-24(20)33-26(21)27(35)25-22(30)10-19(11-23(25)31)36-16-34-13-18(12-29)14-34/h4-5,7-8,14-15,19-20,29,34H,3,6,9-13,16-18H2,1-2H3;5-8,12-13,18-19,28,34H,4,9-11,14-17H2,1-3H3;6-9,12-13,18-19,28,33H,5,10-11,14-17H2,1-4H3;5-8,10-11,17-18,27,33H,4,9,12-16H2,1-3H3/t19-,29-;18-,28?,29+;18-,28-;17-,27-,28-/m1111/s1. The number of nitrogens with one attached hydrogen (secondary N) is 4. The largest absolute Gasteiger partial charge is 0.493 e. The van der Waals surface area contributed by atoms with Crippen LogP contribution in [-0.2, 0) is 25.7 Å². The molecule has 21 rings (SSSR count). The van der Waals surface area contributed by atoms with Crippen LogP contribution in [0, 0.1) is 70.2 Å².